The summed E-state index contributed by atoms with van der Waals surface area (Å²) < 4.78 is 13.5. The van der Waals surface area contributed by atoms with Gasteiger partial charge in [-0.2, -0.15) is 0 Å². The SMILES string of the molecule is O=C1NC[C@@H]2CN(Cc3ccccc3)C[C@H]2c2ccc(CCc3cccc(F)c3)cc21. The fraction of sp³-hybridized carbons (Fsp3) is 0.296. The lowest BCUT2D eigenvalue weighted by Crippen LogP contribution is -2.29. The summed E-state index contributed by atoms with van der Waals surface area (Å²) in [6.07, 6.45) is 1.55. The van der Waals surface area contributed by atoms with Gasteiger partial charge in [0.05, 0.1) is 0 Å². The van der Waals surface area contributed by atoms with Crippen LogP contribution in [-0.4, -0.2) is 30.4 Å². The summed E-state index contributed by atoms with van der Waals surface area (Å²) in [5.41, 5.74) is 5.41. The molecular formula is C27H27FN2O. The summed E-state index contributed by atoms with van der Waals surface area (Å²) in [7, 11) is 0. The fourth-order valence-electron chi connectivity index (χ4n) is 5.07. The number of likely N-dealkylation sites (tertiary alicyclic amines) is 1. The Hall–Kier alpha value is -2.98. The number of nitrogens with one attached hydrogen (secondary N) is 1. The number of aryl methyl sites for hydroxylation is 2. The minimum Gasteiger partial charge on any atom is -0.352 e. The predicted molar refractivity (Wildman–Crippen MR) is 121 cm³/mol. The zero-order valence-corrected chi connectivity index (χ0v) is 17.6. The molecule has 31 heavy (non-hydrogen) atoms. The van der Waals surface area contributed by atoms with Crippen LogP contribution in [0.3, 0.4) is 0 Å². The minimum absolute atomic E-state index is 0.0339. The third-order valence-corrected chi connectivity index (χ3v) is 6.64. The summed E-state index contributed by atoms with van der Waals surface area (Å²) in [6, 6.07) is 23.7. The average molecular weight is 415 g/mol. The van der Waals surface area contributed by atoms with E-state index in [2.05, 4.69) is 52.7 Å². The van der Waals surface area contributed by atoms with Crippen LogP contribution in [0.15, 0.2) is 72.8 Å². The van der Waals surface area contributed by atoms with Crippen molar-refractivity contribution in [2.75, 3.05) is 19.6 Å². The molecule has 1 amide bonds. The summed E-state index contributed by atoms with van der Waals surface area (Å²) in [4.78, 5) is 15.3. The van der Waals surface area contributed by atoms with Gasteiger partial charge in [-0.15, -0.1) is 0 Å². The molecule has 0 radical (unpaired) electrons. The van der Waals surface area contributed by atoms with Gasteiger partial charge in [0.25, 0.3) is 5.91 Å². The van der Waals surface area contributed by atoms with E-state index >= 15 is 0 Å². The van der Waals surface area contributed by atoms with Gasteiger partial charge in [0.15, 0.2) is 0 Å². The number of hydrogen-bond donors (Lipinski definition) is 1. The Balaban J connectivity index is 1.33. The Bertz CT molecular complexity index is 1080. The highest BCUT2D eigenvalue weighted by molar-refractivity contribution is 5.96. The highest BCUT2D eigenvalue weighted by Crippen LogP contribution is 2.37. The molecule has 2 atom stereocenters. The molecule has 2 heterocycles. The van der Waals surface area contributed by atoms with Crippen LogP contribution in [0, 0.1) is 11.7 Å². The van der Waals surface area contributed by atoms with Gasteiger partial charge in [-0.05, 0) is 59.2 Å². The molecule has 1 saturated heterocycles. The third-order valence-electron chi connectivity index (χ3n) is 6.64. The minimum atomic E-state index is -0.203. The molecular weight excluding hydrogens is 387 g/mol. The van der Waals surface area contributed by atoms with Crippen molar-refractivity contribution < 1.29 is 9.18 Å². The smallest absolute Gasteiger partial charge is 0.251 e. The molecule has 2 aliphatic rings. The summed E-state index contributed by atoms with van der Waals surface area (Å²) >= 11 is 0. The predicted octanol–water partition coefficient (Wildman–Crippen LogP) is 4.57. The standard InChI is InChI=1S/C27H27FN2O/c28-23-8-4-7-19(13-23)9-10-20-11-12-24-25(14-20)27(31)29-15-22-17-30(18-26(22)24)16-21-5-2-1-3-6-21/h1-8,11-14,22,26H,9-10,15-18H2,(H,29,31)/t22-,26-/m1/s1. The van der Waals surface area contributed by atoms with Crippen LogP contribution in [0.1, 0.15) is 38.5 Å². The number of carbonyl (C=O) groups excluding carboxylic acids is 1. The van der Waals surface area contributed by atoms with Crippen molar-refractivity contribution in [1.82, 2.24) is 10.2 Å². The number of amides is 1. The highest BCUT2D eigenvalue weighted by atomic mass is 19.1. The molecule has 0 unspecified atom stereocenters. The maximum Gasteiger partial charge on any atom is 0.251 e. The maximum absolute atomic E-state index is 13.5. The largest absolute Gasteiger partial charge is 0.352 e. The van der Waals surface area contributed by atoms with Crippen LogP contribution < -0.4 is 5.32 Å². The Morgan fingerprint density at radius 1 is 0.871 bits per heavy atom. The van der Waals surface area contributed by atoms with E-state index in [-0.39, 0.29) is 11.7 Å². The number of rotatable bonds is 5. The van der Waals surface area contributed by atoms with E-state index in [1.807, 2.05) is 12.1 Å². The summed E-state index contributed by atoms with van der Waals surface area (Å²) in [5.74, 6) is 0.639. The van der Waals surface area contributed by atoms with Crippen LogP contribution >= 0.6 is 0 Å². The monoisotopic (exact) mass is 414 g/mol. The number of hydrogen-bond acceptors (Lipinski definition) is 2. The molecule has 158 valence electrons. The zero-order chi connectivity index (χ0) is 21.2. The molecule has 3 aromatic carbocycles. The van der Waals surface area contributed by atoms with E-state index < -0.39 is 0 Å². The molecule has 0 saturated carbocycles. The van der Waals surface area contributed by atoms with Crippen molar-refractivity contribution in [3.63, 3.8) is 0 Å². The summed E-state index contributed by atoms with van der Waals surface area (Å²) in [6.45, 7) is 3.65. The van der Waals surface area contributed by atoms with Gasteiger partial charge in [0, 0.05) is 37.7 Å². The van der Waals surface area contributed by atoms with E-state index in [9.17, 15) is 9.18 Å². The molecule has 0 bridgehead atoms. The molecule has 3 nitrogen and oxygen atoms in total. The Morgan fingerprint density at radius 2 is 1.65 bits per heavy atom. The van der Waals surface area contributed by atoms with Crippen molar-refractivity contribution in [2.45, 2.75) is 25.3 Å². The van der Waals surface area contributed by atoms with E-state index in [4.69, 9.17) is 0 Å². The molecule has 5 rings (SSSR count). The number of fused-ring (bicyclic) bond motifs is 3. The normalized spacial score (nSPS) is 20.6. The van der Waals surface area contributed by atoms with Gasteiger partial charge in [-0.1, -0.05) is 54.6 Å². The first-order chi connectivity index (χ1) is 15.2. The van der Waals surface area contributed by atoms with Gasteiger partial charge >= 0.3 is 0 Å². The molecule has 3 aromatic rings. The van der Waals surface area contributed by atoms with Crippen molar-refractivity contribution in [3.8, 4) is 0 Å². The molecule has 0 aliphatic carbocycles. The van der Waals surface area contributed by atoms with Crippen LogP contribution in [0.5, 0.6) is 0 Å². The van der Waals surface area contributed by atoms with Gasteiger partial charge in [0.2, 0.25) is 0 Å². The van der Waals surface area contributed by atoms with Crippen LogP contribution in [-0.2, 0) is 19.4 Å². The number of nitrogens with zero attached hydrogens (tertiary/aromatic N) is 1. The van der Waals surface area contributed by atoms with Crippen molar-refractivity contribution in [1.29, 1.82) is 0 Å². The quantitative estimate of drug-likeness (QED) is 0.663. The first-order valence-electron chi connectivity index (χ1n) is 11.1. The topological polar surface area (TPSA) is 32.3 Å². The van der Waals surface area contributed by atoms with Crippen LogP contribution in [0.2, 0.25) is 0 Å². The summed E-state index contributed by atoms with van der Waals surface area (Å²) in [5, 5.41) is 3.15. The number of carbonyl (C=O) groups is 1. The number of halogens is 1. The zero-order valence-electron chi connectivity index (χ0n) is 17.6. The van der Waals surface area contributed by atoms with Gasteiger partial charge in [-0.25, -0.2) is 4.39 Å². The average Bonchev–Trinajstić information content (AvgIpc) is 3.13. The maximum atomic E-state index is 13.5. The van der Waals surface area contributed by atoms with E-state index in [1.54, 1.807) is 12.1 Å². The second-order valence-electron chi connectivity index (χ2n) is 8.81. The van der Waals surface area contributed by atoms with Crippen LogP contribution in [0.4, 0.5) is 4.39 Å². The molecule has 0 aromatic heterocycles. The molecule has 1 fully saturated rings. The van der Waals surface area contributed by atoms with Gasteiger partial charge in [0.1, 0.15) is 5.82 Å². The van der Waals surface area contributed by atoms with Gasteiger partial charge < -0.3 is 5.32 Å². The Labute approximate surface area is 182 Å². The molecule has 1 N–H and O–H groups in total. The Morgan fingerprint density at radius 3 is 2.45 bits per heavy atom. The molecule has 0 spiro atoms. The van der Waals surface area contributed by atoms with Crippen LogP contribution in [0.25, 0.3) is 0 Å². The van der Waals surface area contributed by atoms with Crippen molar-refractivity contribution in [3.05, 3.63) is 106 Å². The molecule has 2 aliphatic heterocycles. The first-order valence-corrected chi connectivity index (χ1v) is 11.1. The Kier molecular flexibility index (Phi) is 5.56. The lowest BCUT2D eigenvalue weighted by atomic mass is 9.86. The van der Waals surface area contributed by atoms with E-state index in [0.717, 1.165) is 55.7 Å². The molecule has 4 heteroatoms. The van der Waals surface area contributed by atoms with E-state index in [0.29, 0.717) is 11.8 Å². The van der Waals surface area contributed by atoms with E-state index in [1.165, 1.54) is 17.2 Å². The third kappa shape index (κ3) is 4.40. The first kappa shape index (κ1) is 20.0. The lowest BCUT2D eigenvalue weighted by Gasteiger charge is -2.18. The van der Waals surface area contributed by atoms with Gasteiger partial charge in [-0.3, -0.25) is 9.69 Å². The number of benzene rings is 3. The fourth-order valence-corrected chi connectivity index (χ4v) is 5.07. The van der Waals surface area contributed by atoms with Crippen molar-refractivity contribution in [2.24, 2.45) is 5.92 Å². The van der Waals surface area contributed by atoms with Crippen molar-refractivity contribution >= 4 is 5.91 Å². The second kappa shape index (κ2) is 8.64. The lowest BCUT2D eigenvalue weighted by molar-refractivity contribution is 0.0951. The highest BCUT2D eigenvalue weighted by Gasteiger charge is 2.38. The second-order valence-corrected chi connectivity index (χ2v) is 8.81.